The van der Waals surface area contributed by atoms with Crippen LogP contribution in [0.4, 0.5) is 18.9 Å². The number of hydrogen-bond acceptors (Lipinski definition) is 6. The van der Waals surface area contributed by atoms with Gasteiger partial charge in [0.15, 0.2) is 5.65 Å². The van der Waals surface area contributed by atoms with Crippen molar-refractivity contribution >= 4 is 51.7 Å². The molecule has 2 N–H and O–H groups in total. The van der Waals surface area contributed by atoms with Crippen LogP contribution in [0, 0.1) is 0 Å². The first-order valence-electron chi connectivity index (χ1n) is 7.45. The Hall–Kier alpha value is -2.30. The molecule has 5 nitrogen and oxygen atoms in total. The lowest BCUT2D eigenvalue weighted by molar-refractivity contribution is -0.0323. The van der Waals surface area contributed by atoms with E-state index in [1.165, 1.54) is 23.5 Å². The summed E-state index contributed by atoms with van der Waals surface area (Å²) < 4.78 is 39.1. The summed E-state index contributed by atoms with van der Waals surface area (Å²) in [7, 11) is 0. The largest absolute Gasteiger partial charge is 0.461 e. The number of halogens is 4. The van der Waals surface area contributed by atoms with Gasteiger partial charge in [0.1, 0.15) is 5.01 Å². The topological polar surface area (TPSA) is 66.5 Å². The van der Waals surface area contributed by atoms with Crippen LogP contribution in [0.5, 0.6) is 0 Å². The van der Waals surface area contributed by atoms with Gasteiger partial charge in [0.25, 0.3) is 0 Å². The molecule has 0 saturated heterocycles. The molecule has 27 heavy (non-hydrogen) atoms. The Bertz CT molecular complexity index is 1110. The molecular weight excluding hydrogens is 419 g/mol. The minimum absolute atomic E-state index is 0.259. The van der Waals surface area contributed by atoms with Crippen LogP contribution in [0.15, 0.2) is 42.2 Å². The second kappa shape index (κ2) is 7.02. The second-order valence-corrected chi connectivity index (χ2v) is 7.48. The Kier molecular flexibility index (Phi) is 4.70. The Morgan fingerprint density at radius 1 is 1.15 bits per heavy atom. The summed E-state index contributed by atoms with van der Waals surface area (Å²) in [5, 5.41) is 2.91. The number of thiazole rings is 1. The SMILES string of the molecule is FC(F)(F)SNc1ccc(-c2csc(-c3ccnc4nc[nH]c34)n2)c(Cl)c1. The molecule has 0 aliphatic heterocycles. The van der Waals surface area contributed by atoms with Crippen LogP contribution in [-0.2, 0) is 0 Å². The van der Waals surface area contributed by atoms with Crippen molar-refractivity contribution in [1.29, 1.82) is 0 Å². The van der Waals surface area contributed by atoms with Crippen molar-refractivity contribution in [2.24, 2.45) is 0 Å². The highest BCUT2D eigenvalue weighted by Crippen LogP contribution is 2.37. The summed E-state index contributed by atoms with van der Waals surface area (Å²) in [6.07, 6.45) is 3.22. The number of alkyl halides is 3. The summed E-state index contributed by atoms with van der Waals surface area (Å²) in [5.74, 6) is 0. The Morgan fingerprint density at radius 2 is 2.00 bits per heavy atom. The van der Waals surface area contributed by atoms with Crippen LogP contribution in [0.25, 0.3) is 33.0 Å². The van der Waals surface area contributed by atoms with E-state index in [1.807, 2.05) is 11.4 Å². The fourth-order valence-electron chi connectivity index (χ4n) is 2.45. The fourth-order valence-corrected chi connectivity index (χ4v) is 3.94. The highest BCUT2D eigenvalue weighted by atomic mass is 35.5. The van der Waals surface area contributed by atoms with Gasteiger partial charge < -0.3 is 9.71 Å². The van der Waals surface area contributed by atoms with Crippen LogP contribution in [0.3, 0.4) is 0 Å². The lowest BCUT2D eigenvalue weighted by atomic mass is 10.1. The van der Waals surface area contributed by atoms with E-state index in [4.69, 9.17) is 11.6 Å². The molecule has 3 aromatic heterocycles. The van der Waals surface area contributed by atoms with Crippen LogP contribution >= 0.6 is 34.9 Å². The first-order valence-corrected chi connectivity index (χ1v) is 9.53. The predicted octanol–water partition coefficient (Wildman–Crippen LogP) is 5.98. The number of aromatic nitrogens is 4. The smallest absolute Gasteiger partial charge is 0.343 e. The van der Waals surface area contributed by atoms with Gasteiger partial charge in [-0.05, 0) is 24.3 Å². The van der Waals surface area contributed by atoms with E-state index in [9.17, 15) is 13.2 Å². The van der Waals surface area contributed by atoms with E-state index < -0.39 is 5.51 Å². The molecule has 0 atom stereocenters. The number of aromatic amines is 1. The van der Waals surface area contributed by atoms with Crippen LogP contribution in [0.1, 0.15) is 0 Å². The van der Waals surface area contributed by atoms with E-state index in [1.54, 1.807) is 18.6 Å². The third kappa shape index (κ3) is 3.87. The molecule has 11 heteroatoms. The van der Waals surface area contributed by atoms with E-state index in [2.05, 4.69) is 24.7 Å². The van der Waals surface area contributed by atoms with Gasteiger partial charge in [0.2, 0.25) is 0 Å². The highest BCUT2D eigenvalue weighted by molar-refractivity contribution is 8.01. The number of pyridine rings is 1. The monoisotopic (exact) mass is 427 g/mol. The van der Waals surface area contributed by atoms with E-state index in [-0.39, 0.29) is 17.6 Å². The second-order valence-electron chi connectivity index (χ2n) is 5.34. The molecule has 0 amide bonds. The minimum atomic E-state index is -4.38. The molecule has 0 spiro atoms. The van der Waals surface area contributed by atoms with Crippen LogP contribution < -0.4 is 4.72 Å². The molecule has 0 unspecified atom stereocenters. The van der Waals surface area contributed by atoms with Crippen molar-refractivity contribution in [3.63, 3.8) is 0 Å². The van der Waals surface area contributed by atoms with Crippen molar-refractivity contribution < 1.29 is 13.2 Å². The molecule has 138 valence electrons. The van der Waals surface area contributed by atoms with Gasteiger partial charge in [-0.1, -0.05) is 11.6 Å². The van der Waals surface area contributed by atoms with Crippen molar-refractivity contribution in [3.05, 3.63) is 47.2 Å². The number of anilines is 1. The van der Waals surface area contributed by atoms with Crippen molar-refractivity contribution in [3.8, 4) is 21.8 Å². The summed E-state index contributed by atoms with van der Waals surface area (Å²) in [5.41, 5.74) is -0.596. The zero-order chi connectivity index (χ0) is 19.0. The predicted molar refractivity (Wildman–Crippen MR) is 103 cm³/mol. The average Bonchev–Trinajstić information content (AvgIpc) is 3.28. The maximum Gasteiger partial charge on any atom is 0.461 e. The number of nitrogens with zero attached hydrogens (tertiary/aromatic N) is 3. The molecule has 4 rings (SSSR count). The molecule has 0 bridgehead atoms. The number of imidazole rings is 1. The first kappa shape index (κ1) is 18.1. The lowest BCUT2D eigenvalue weighted by Crippen LogP contribution is -2.04. The van der Waals surface area contributed by atoms with Gasteiger partial charge in [-0.25, -0.2) is 15.0 Å². The summed E-state index contributed by atoms with van der Waals surface area (Å²) in [6.45, 7) is 0. The standard InChI is InChI=1S/C16H9ClF3N5S2/c17-11-5-8(25-27-16(18,19)20)1-2-9(11)12-6-26-15(24-12)10-3-4-21-14-13(10)22-7-23-14/h1-7,25H,(H,21,22,23). The van der Waals surface area contributed by atoms with Gasteiger partial charge in [-0.3, -0.25) is 0 Å². The highest BCUT2D eigenvalue weighted by Gasteiger charge is 2.29. The Morgan fingerprint density at radius 3 is 2.78 bits per heavy atom. The molecule has 1 aromatic carbocycles. The molecule has 0 radical (unpaired) electrons. The van der Waals surface area contributed by atoms with Gasteiger partial charge in [-0.2, -0.15) is 13.2 Å². The van der Waals surface area contributed by atoms with Crippen LogP contribution in [-0.4, -0.2) is 25.4 Å². The van der Waals surface area contributed by atoms with Crippen LogP contribution in [0.2, 0.25) is 5.02 Å². The lowest BCUT2D eigenvalue weighted by Gasteiger charge is -2.09. The van der Waals surface area contributed by atoms with Crippen molar-refractivity contribution in [2.75, 3.05) is 4.72 Å². The minimum Gasteiger partial charge on any atom is -0.343 e. The average molecular weight is 428 g/mol. The van der Waals surface area contributed by atoms with E-state index in [0.717, 1.165) is 16.1 Å². The zero-order valence-corrected chi connectivity index (χ0v) is 15.6. The van der Waals surface area contributed by atoms with Gasteiger partial charge in [-0.15, -0.1) is 11.3 Å². The third-order valence-corrected chi connectivity index (χ3v) is 5.35. The van der Waals surface area contributed by atoms with Gasteiger partial charge in [0, 0.05) is 28.4 Å². The molecule has 0 fully saturated rings. The van der Waals surface area contributed by atoms with Crippen molar-refractivity contribution in [1.82, 2.24) is 19.9 Å². The number of H-pyrrole nitrogens is 1. The van der Waals surface area contributed by atoms with E-state index >= 15 is 0 Å². The summed E-state index contributed by atoms with van der Waals surface area (Å²) >= 11 is 7.35. The maximum atomic E-state index is 12.3. The number of hydrogen-bond donors (Lipinski definition) is 2. The molecule has 4 aromatic rings. The third-order valence-electron chi connectivity index (χ3n) is 3.59. The molecule has 0 aliphatic rings. The normalized spacial score (nSPS) is 11.9. The van der Waals surface area contributed by atoms with E-state index in [0.29, 0.717) is 21.9 Å². The van der Waals surface area contributed by atoms with Crippen molar-refractivity contribution in [2.45, 2.75) is 5.51 Å². The Balaban J connectivity index is 1.63. The number of nitrogens with one attached hydrogen (secondary N) is 2. The van der Waals surface area contributed by atoms with Gasteiger partial charge in [0.05, 0.1) is 34.5 Å². The van der Waals surface area contributed by atoms with Gasteiger partial charge >= 0.3 is 5.51 Å². The maximum absolute atomic E-state index is 12.3. The molecular formula is C16H9ClF3N5S2. The molecule has 3 heterocycles. The summed E-state index contributed by atoms with van der Waals surface area (Å²) in [4.78, 5) is 16.0. The quantitative estimate of drug-likeness (QED) is 0.392. The Labute approximate surface area is 164 Å². The number of rotatable bonds is 4. The number of benzene rings is 1. The molecule has 0 saturated carbocycles. The zero-order valence-electron chi connectivity index (χ0n) is 13.2. The number of fused-ring (bicyclic) bond motifs is 1. The fraction of sp³-hybridized carbons (Fsp3) is 0.0625. The summed E-state index contributed by atoms with van der Waals surface area (Å²) in [6, 6.07) is 6.44. The first-order chi connectivity index (χ1) is 12.9. The molecule has 0 aliphatic carbocycles.